The van der Waals surface area contributed by atoms with Gasteiger partial charge in [-0.2, -0.15) is 9.64 Å². The molecule has 0 unspecified atom stereocenters. The van der Waals surface area contributed by atoms with Crippen LogP contribution in [0.15, 0.2) is 4.52 Å². The van der Waals surface area contributed by atoms with Crippen molar-refractivity contribution in [2.24, 2.45) is 0 Å². The highest BCUT2D eigenvalue weighted by Crippen LogP contribution is 2.27. The van der Waals surface area contributed by atoms with Crippen molar-refractivity contribution in [1.29, 1.82) is 5.26 Å². The van der Waals surface area contributed by atoms with Crippen LogP contribution in [0.1, 0.15) is 29.0 Å². The Bertz CT molecular complexity index is 594. The highest BCUT2D eigenvalue weighted by atomic mass is 35.5. The van der Waals surface area contributed by atoms with Gasteiger partial charge in [0, 0.05) is 12.1 Å². The summed E-state index contributed by atoms with van der Waals surface area (Å²) in [4.78, 5) is 0. The van der Waals surface area contributed by atoms with Crippen LogP contribution < -0.4 is 5.32 Å². The SMILES string of the molecule is Cc1noc(C)c1CCCNc1snc(Cl)c1C#N. The predicted octanol–water partition coefficient (Wildman–Crippen LogP) is 3.32. The van der Waals surface area contributed by atoms with Crippen molar-refractivity contribution in [1.82, 2.24) is 9.53 Å². The van der Waals surface area contributed by atoms with Crippen LogP contribution in [0.5, 0.6) is 0 Å². The number of aryl methyl sites for hydroxylation is 2. The van der Waals surface area contributed by atoms with Gasteiger partial charge >= 0.3 is 0 Å². The smallest absolute Gasteiger partial charge is 0.162 e. The van der Waals surface area contributed by atoms with Gasteiger partial charge in [-0.05, 0) is 38.2 Å². The first kappa shape index (κ1) is 13.8. The quantitative estimate of drug-likeness (QED) is 0.857. The Kier molecular flexibility index (Phi) is 4.40. The second-order valence-electron chi connectivity index (χ2n) is 4.12. The summed E-state index contributed by atoms with van der Waals surface area (Å²) in [5.74, 6) is 0.871. The summed E-state index contributed by atoms with van der Waals surface area (Å²) in [5, 5.41) is 17.0. The monoisotopic (exact) mass is 296 g/mol. The molecule has 0 aliphatic carbocycles. The lowest BCUT2D eigenvalue weighted by atomic mass is 10.1. The first-order valence-electron chi connectivity index (χ1n) is 5.84. The van der Waals surface area contributed by atoms with E-state index in [9.17, 15) is 0 Å². The Morgan fingerprint density at radius 2 is 2.26 bits per heavy atom. The van der Waals surface area contributed by atoms with Gasteiger partial charge in [0.2, 0.25) is 0 Å². The van der Waals surface area contributed by atoms with Crippen molar-refractivity contribution in [2.45, 2.75) is 26.7 Å². The summed E-state index contributed by atoms with van der Waals surface area (Å²) in [6, 6.07) is 2.05. The van der Waals surface area contributed by atoms with Crippen LogP contribution >= 0.6 is 23.1 Å². The van der Waals surface area contributed by atoms with Crippen molar-refractivity contribution in [3.63, 3.8) is 0 Å². The second kappa shape index (κ2) is 6.04. The molecule has 5 nitrogen and oxygen atoms in total. The molecule has 2 heterocycles. The number of aromatic nitrogens is 2. The topological polar surface area (TPSA) is 74.7 Å². The van der Waals surface area contributed by atoms with Gasteiger partial charge in [0.15, 0.2) is 5.15 Å². The van der Waals surface area contributed by atoms with E-state index in [0.717, 1.165) is 41.4 Å². The second-order valence-corrected chi connectivity index (χ2v) is 5.25. The molecular formula is C12H13ClN4OS. The number of nitrogens with zero attached hydrogens (tertiary/aromatic N) is 3. The molecule has 0 spiro atoms. The Labute approximate surface area is 120 Å². The maximum atomic E-state index is 8.94. The van der Waals surface area contributed by atoms with E-state index in [1.165, 1.54) is 11.5 Å². The third kappa shape index (κ3) is 3.06. The van der Waals surface area contributed by atoms with Gasteiger partial charge in [-0.25, -0.2) is 0 Å². The summed E-state index contributed by atoms with van der Waals surface area (Å²) in [6.45, 7) is 4.60. The number of anilines is 1. The molecule has 100 valence electrons. The molecular weight excluding hydrogens is 284 g/mol. The van der Waals surface area contributed by atoms with Gasteiger partial charge in [-0.15, -0.1) is 0 Å². The van der Waals surface area contributed by atoms with Crippen molar-refractivity contribution in [2.75, 3.05) is 11.9 Å². The number of rotatable bonds is 5. The molecule has 2 rings (SSSR count). The van der Waals surface area contributed by atoms with E-state index in [1.54, 1.807) is 0 Å². The van der Waals surface area contributed by atoms with Gasteiger partial charge in [0.1, 0.15) is 22.4 Å². The van der Waals surface area contributed by atoms with Crippen LogP contribution in [0.25, 0.3) is 0 Å². The maximum Gasteiger partial charge on any atom is 0.162 e. The Morgan fingerprint density at radius 1 is 1.47 bits per heavy atom. The molecule has 2 aromatic rings. The van der Waals surface area contributed by atoms with Crippen LogP contribution in [-0.2, 0) is 6.42 Å². The molecule has 0 fully saturated rings. The van der Waals surface area contributed by atoms with Crippen LogP contribution in [0, 0.1) is 25.2 Å². The minimum Gasteiger partial charge on any atom is -0.375 e. The van der Waals surface area contributed by atoms with Gasteiger partial charge in [-0.1, -0.05) is 16.8 Å². The fourth-order valence-electron chi connectivity index (χ4n) is 1.81. The molecule has 2 aromatic heterocycles. The highest BCUT2D eigenvalue weighted by molar-refractivity contribution is 7.10. The average Bonchev–Trinajstić information content (AvgIpc) is 2.90. The van der Waals surface area contributed by atoms with E-state index in [0.29, 0.717) is 5.56 Å². The van der Waals surface area contributed by atoms with Crippen LogP contribution in [0.3, 0.4) is 0 Å². The Balaban J connectivity index is 1.86. The van der Waals surface area contributed by atoms with E-state index in [2.05, 4.69) is 14.8 Å². The fourth-order valence-corrected chi connectivity index (χ4v) is 2.77. The molecule has 0 aromatic carbocycles. The van der Waals surface area contributed by atoms with Gasteiger partial charge in [0.05, 0.1) is 5.69 Å². The van der Waals surface area contributed by atoms with Crippen LogP contribution in [-0.4, -0.2) is 16.1 Å². The zero-order chi connectivity index (χ0) is 13.8. The Hall–Kier alpha value is -1.58. The summed E-state index contributed by atoms with van der Waals surface area (Å²) in [5.41, 5.74) is 2.52. The van der Waals surface area contributed by atoms with Gasteiger partial charge in [0.25, 0.3) is 0 Å². The van der Waals surface area contributed by atoms with E-state index in [4.69, 9.17) is 21.4 Å². The molecule has 0 atom stereocenters. The molecule has 0 saturated carbocycles. The normalized spacial score (nSPS) is 10.4. The number of halogens is 1. The number of nitriles is 1. The predicted molar refractivity (Wildman–Crippen MR) is 74.6 cm³/mol. The molecule has 0 radical (unpaired) electrons. The molecule has 0 amide bonds. The van der Waals surface area contributed by atoms with E-state index in [-0.39, 0.29) is 5.15 Å². The lowest BCUT2D eigenvalue weighted by Crippen LogP contribution is -2.03. The minimum atomic E-state index is 0.265. The lowest BCUT2D eigenvalue weighted by Gasteiger charge is -2.03. The minimum absolute atomic E-state index is 0.265. The largest absolute Gasteiger partial charge is 0.375 e. The van der Waals surface area contributed by atoms with Crippen LogP contribution in [0.4, 0.5) is 5.00 Å². The fraction of sp³-hybridized carbons (Fsp3) is 0.417. The summed E-state index contributed by atoms with van der Waals surface area (Å²) in [7, 11) is 0. The van der Waals surface area contributed by atoms with E-state index < -0.39 is 0 Å². The number of hydrogen-bond acceptors (Lipinski definition) is 6. The first-order valence-corrected chi connectivity index (χ1v) is 6.99. The average molecular weight is 297 g/mol. The number of nitrogens with one attached hydrogen (secondary N) is 1. The molecule has 1 N–H and O–H groups in total. The zero-order valence-electron chi connectivity index (χ0n) is 10.7. The maximum absolute atomic E-state index is 8.94. The summed E-state index contributed by atoms with van der Waals surface area (Å²) >= 11 is 7.01. The Morgan fingerprint density at radius 3 is 2.89 bits per heavy atom. The van der Waals surface area contributed by atoms with E-state index >= 15 is 0 Å². The molecule has 0 bridgehead atoms. The molecule has 0 aliphatic rings. The lowest BCUT2D eigenvalue weighted by molar-refractivity contribution is 0.392. The third-order valence-corrected chi connectivity index (χ3v) is 4.01. The van der Waals surface area contributed by atoms with Gasteiger partial charge in [-0.3, -0.25) is 0 Å². The van der Waals surface area contributed by atoms with Crippen molar-refractivity contribution >= 4 is 28.1 Å². The highest BCUT2D eigenvalue weighted by Gasteiger charge is 2.12. The summed E-state index contributed by atoms with van der Waals surface area (Å²) < 4.78 is 9.05. The molecule has 0 aliphatic heterocycles. The number of hydrogen-bond donors (Lipinski definition) is 1. The van der Waals surface area contributed by atoms with Crippen molar-refractivity contribution in [3.8, 4) is 6.07 Å². The van der Waals surface area contributed by atoms with Crippen LogP contribution in [0.2, 0.25) is 5.15 Å². The van der Waals surface area contributed by atoms with Gasteiger partial charge < -0.3 is 9.84 Å². The van der Waals surface area contributed by atoms with Crippen molar-refractivity contribution in [3.05, 3.63) is 27.7 Å². The first-order chi connectivity index (χ1) is 9.13. The molecule has 19 heavy (non-hydrogen) atoms. The zero-order valence-corrected chi connectivity index (χ0v) is 12.2. The third-order valence-electron chi connectivity index (χ3n) is 2.83. The van der Waals surface area contributed by atoms with E-state index in [1.807, 2.05) is 19.9 Å². The standard InChI is InChI=1S/C12H13ClN4OS/c1-7-9(8(2)18-16-7)4-3-5-15-12-10(6-14)11(13)17-19-12/h15H,3-5H2,1-2H3. The molecule has 7 heteroatoms. The summed E-state index contributed by atoms with van der Waals surface area (Å²) in [6.07, 6.45) is 1.81. The molecule has 0 saturated heterocycles. The van der Waals surface area contributed by atoms with Crippen molar-refractivity contribution < 1.29 is 4.52 Å².